The minimum atomic E-state index is -0.275. The van der Waals surface area contributed by atoms with Crippen LogP contribution in [0.25, 0.3) is 0 Å². The SMILES string of the molecule is Cc1ccc(N(Cc2ccccc2)C(=O)COc2cccc3c2OC(C)(C)C3)nn1. The second-order valence-corrected chi connectivity index (χ2v) is 8.07. The largest absolute Gasteiger partial charge is 0.483 e. The highest BCUT2D eigenvalue weighted by atomic mass is 16.5. The molecule has 0 radical (unpaired) electrons. The average molecular weight is 403 g/mol. The zero-order chi connectivity index (χ0) is 21.1. The van der Waals surface area contributed by atoms with Gasteiger partial charge < -0.3 is 9.47 Å². The van der Waals surface area contributed by atoms with E-state index in [1.54, 1.807) is 11.0 Å². The number of rotatable bonds is 6. The molecule has 2 aromatic carbocycles. The van der Waals surface area contributed by atoms with Crippen molar-refractivity contribution in [1.29, 1.82) is 0 Å². The Bertz CT molecular complexity index is 1030. The summed E-state index contributed by atoms with van der Waals surface area (Å²) in [6.07, 6.45) is 0.812. The Morgan fingerprint density at radius 2 is 1.87 bits per heavy atom. The van der Waals surface area contributed by atoms with Gasteiger partial charge in [0.2, 0.25) is 0 Å². The fraction of sp³-hybridized carbons (Fsp3) is 0.292. The number of aromatic nitrogens is 2. The van der Waals surface area contributed by atoms with Crippen molar-refractivity contribution in [3.63, 3.8) is 0 Å². The molecule has 1 amide bonds. The van der Waals surface area contributed by atoms with Crippen LogP contribution in [0.3, 0.4) is 0 Å². The molecule has 1 aliphatic rings. The molecule has 4 rings (SSSR count). The summed E-state index contributed by atoms with van der Waals surface area (Å²) in [6, 6.07) is 19.2. The minimum absolute atomic E-state index is 0.122. The van der Waals surface area contributed by atoms with Gasteiger partial charge in [0, 0.05) is 12.0 Å². The van der Waals surface area contributed by atoms with Gasteiger partial charge in [-0.2, -0.15) is 5.10 Å². The van der Waals surface area contributed by atoms with Gasteiger partial charge in [-0.05, 0) is 44.5 Å². The van der Waals surface area contributed by atoms with E-state index in [9.17, 15) is 4.79 Å². The Morgan fingerprint density at radius 3 is 2.60 bits per heavy atom. The summed E-state index contributed by atoms with van der Waals surface area (Å²) in [5, 5.41) is 8.30. The molecule has 0 N–H and O–H groups in total. The Balaban J connectivity index is 1.53. The van der Waals surface area contributed by atoms with E-state index in [4.69, 9.17) is 9.47 Å². The van der Waals surface area contributed by atoms with Gasteiger partial charge in [-0.3, -0.25) is 9.69 Å². The predicted molar refractivity (Wildman–Crippen MR) is 115 cm³/mol. The third-order valence-electron chi connectivity index (χ3n) is 4.95. The summed E-state index contributed by atoms with van der Waals surface area (Å²) in [7, 11) is 0. The molecule has 0 spiro atoms. The lowest BCUT2D eigenvalue weighted by atomic mass is 10.0. The molecule has 6 nitrogen and oxygen atoms in total. The molecule has 0 atom stereocenters. The monoisotopic (exact) mass is 403 g/mol. The van der Waals surface area contributed by atoms with Crippen LogP contribution < -0.4 is 14.4 Å². The van der Waals surface area contributed by atoms with E-state index >= 15 is 0 Å². The van der Waals surface area contributed by atoms with Crippen molar-refractivity contribution < 1.29 is 14.3 Å². The van der Waals surface area contributed by atoms with Crippen molar-refractivity contribution in [2.45, 2.75) is 39.3 Å². The molecule has 0 aliphatic carbocycles. The maximum atomic E-state index is 13.1. The number of hydrogen-bond acceptors (Lipinski definition) is 5. The number of amides is 1. The summed E-state index contributed by atoms with van der Waals surface area (Å²) in [5.41, 5.74) is 2.61. The Kier molecular flexibility index (Phi) is 5.40. The van der Waals surface area contributed by atoms with E-state index in [0.717, 1.165) is 29.0 Å². The van der Waals surface area contributed by atoms with Crippen LogP contribution in [-0.2, 0) is 17.8 Å². The molecular weight excluding hydrogens is 378 g/mol. The second-order valence-electron chi connectivity index (χ2n) is 8.07. The highest BCUT2D eigenvalue weighted by Crippen LogP contribution is 2.41. The third kappa shape index (κ3) is 4.43. The first-order chi connectivity index (χ1) is 14.4. The van der Waals surface area contributed by atoms with Crippen molar-refractivity contribution in [3.05, 3.63) is 77.5 Å². The van der Waals surface area contributed by atoms with Gasteiger partial charge in [0.15, 0.2) is 23.9 Å². The van der Waals surface area contributed by atoms with Gasteiger partial charge in [-0.15, -0.1) is 5.10 Å². The van der Waals surface area contributed by atoms with Crippen LogP contribution in [0.2, 0.25) is 0 Å². The summed E-state index contributed by atoms with van der Waals surface area (Å²) in [5.74, 6) is 1.60. The van der Waals surface area contributed by atoms with E-state index in [1.807, 2.05) is 75.4 Å². The summed E-state index contributed by atoms with van der Waals surface area (Å²) in [6.45, 7) is 6.21. The van der Waals surface area contributed by atoms with E-state index < -0.39 is 0 Å². The fourth-order valence-electron chi connectivity index (χ4n) is 3.52. The highest BCUT2D eigenvalue weighted by Gasteiger charge is 2.32. The van der Waals surface area contributed by atoms with Crippen molar-refractivity contribution in [2.75, 3.05) is 11.5 Å². The molecule has 30 heavy (non-hydrogen) atoms. The Hall–Kier alpha value is -3.41. The number of benzene rings is 2. The number of nitrogens with zero attached hydrogens (tertiary/aromatic N) is 3. The fourth-order valence-corrected chi connectivity index (χ4v) is 3.52. The molecule has 0 saturated carbocycles. The zero-order valence-electron chi connectivity index (χ0n) is 17.5. The molecule has 0 bridgehead atoms. The molecular formula is C24H25N3O3. The lowest BCUT2D eigenvalue weighted by Crippen LogP contribution is -2.35. The van der Waals surface area contributed by atoms with Crippen LogP contribution >= 0.6 is 0 Å². The van der Waals surface area contributed by atoms with Gasteiger partial charge in [0.25, 0.3) is 5.91 Å². The van der Waals surface area contributed by atoms with Crippen LogP contribution in [0.1, 0.15) is 30.7 Å². The molecule has 6 heteroatoms. The van der Waals surface area contributed by atoms with Crippen LogP contribution in [0.4, 0.5) is 5.82 Å². The maximum Gasteiger partial charge on any atom is 0.266 e. The van der Waals surface area contributed by atoms with Crippen LogP contribution in [-0.4, -0.2) is 28.3 Å². The normalized spacial score (nSPS) is 14.0. The zero-order valence-corrected chi connectivity index (χ0v) is 17.5. The molecule has 0 saturated heterocycles. The molecule has 1 aliphatic heterocycles. The minimum Gasteiger partial charge on any atom is -0.483 e. The molecule has 2 heterocycles. The molecule has 154 valence electrons. The summed E-state index contributed by atoms with van der Waals surface area (Å²) >= 11 is 0. The Labute approximate surface area is 176 Å². The quantitative estimate of drug-likeness (QED) is 0.620. The van der Waals surface area contributed by atoms with Gasteiger partial charge in [0.05, 0.1) is 12.2 Å². The standard InChI is InChI=1S/C24H25N3O3/c1-17-12-13-21(26-25-17)27(15-18-8-5-4-6-9-18)22(28)16-29-20-11-7-10-19-14-24(2,3)30-23(19)20/h4-13H,14-16H2,1-3H3. The van der Waals surface area contributed by atoms with E-state index in [0.29, 0.717) is 18.1 Å². The van der Waals surface area contributed by atoms with Crippen molar-refractivity contribution in [1.82, 2.24) is 10.2 Å². The lowest BCUT2D eigenvalue weighted by Gasteiger charge is -2.22. The molecule has 0 unspecified atom stereocenters. The van der Waals surface area contributed by atoms with Gasteiger partial charge in [-0.1, -0.05) is 42.5 Å². The first-order valence-corrected chi connectivity index (χ1v) is 10.00. The van der Waals surface area contributed by atoms with Gasteiger partial charge in [0.1, 0.15) is 5.60 Å². The molecule has 3 aromatic rings. The number of anilines is 1. The van der Waals surface area contributed by atoms with Gasteiger partial charge >= 0.3 is 0 Å². The number of carbonyl (C=O) groups is 1. The number of aryl methyl sites for hydroxylation is 1. The van der Waals surface area contributed by atoms with E-state index in [-0.39, 0.29) is 18.1 Å². The smallest absolute Gasteiger partial charge is 0.266 e. The average Bonchev–Trinajstić information content (AvgIpc) is 3.06. The van der Waals surface area contributed by atoms with Crippen LogP contribution in [0.15, 0.2) is 60.7 Å². The number of para-hydroxylation sites is 1. The number of carbonyl (C=O) groups excluding carboxylic acids is 1. The first kappa shape index (κ1) is 19.9. The third-order valence-corrected chi connectivity index (χ3v) is 4.95. The van der Waals surface area contributed by atoms with Crippen LogP contribution in [0, 0.1) is 6.92 Å². The van der Waals surface area contributed by atoms with Crippen molar-refractivity contribution in [2.24, 2.45) is 0 Å². The summed E-state index contributed by atoms with van der Waals surface area (Å²) < 4.78 is 11.9. The second kappa shape index (κ2) is 8.14. The lowest BCUT2D eigenvalue weighted by molar-refractivity contribution is -0.120. The maximum absolute atomic E-state index is 13.1. The predicted octanol–water partition coefficient (Wildman–Crippen LogP) is 4.11. The topological polar surface area (TPSA) is 64.6 Å². The highest BCUT2D eigenvalue weighted by molar-refractivity contribution is 5.93. The van der Waals surface area contributed by atoms with E-state index in [2.05, 4.69) is 10.2 Å². The number of hydrogen-bond donors (Lipinski definition) is 0. The molecule has 0 fully saturated rings. The summed E-state index contributed by atoms with van der Waals surface area (Å²) in [4.78, 5) is 14.7. The van der Waals surface area contributed by atoms with Gasteiger partial charge in [-0.25, -0.2) is 0 Å². The Morgan fingerprint density at radius 1 is 1.07 bits per heavy atom. The number of fused-ring (bicyclic) bond motifs is 1. The van der Waals surface area contributed by atoms with E-state index in [1.165, 1.54) is 0 Å². The number of ether oxygens (including phenoxy) is 2. The van der Waals surface area contributed by atoms with Crippen LogP contribution in [0.5, 0.6) is 11.5 Å². The molecule has 1 aromatic heterocycles. The first-order valence-electron chi connectivity index (χ1n) is 10.00. The van der Waals surface area contributed by atoms with Crippen molar-refractivity contribution >= 4 is 11.7 Å². The van der Waals surface area contributed by atoms with Crippen molar-refractivity contribution in [3.8, 4) is 11.5 Å².